The van der Waals surface area contributed by atoms with E-state index in [-0.39, 0.29) is 11.4 Å². The molecule has 0 bridgehead atoms. The Kier molecular flexibility index (Phi) is 6.62. The van der Waals surface area contributed by atoms with E-state index in [1.165, 1.54) is 35.7 Å². The highest BCUT2D eigenvalue weighted by Crippen LogP contribution is 2.35. The molecule has 7 nitrogen and oxygen atoms in total. The smallest absolute Gasteiger partial charge is 0.264 e. The molecule has 8 heteroatoms. The van der Waals surface area contributed by atoms with Gasteiger partial charge in [-0.2, -0.15) is 0 Å². The van der Waals surface area contributed by atoms with Gasteiger partial charge in [-0.1, -0.05) is 6.07 Å². The van der Waals surface area contributed by atoms with Crippen molar-refractivity contribution in [1.29, 1.82) is 0 Å². The minimum Gasteiger partial charge on any atom is -0.493 e. The highest BCUT2D eigenvalue weighted by molar-refractivity contribution is 7.92. The lowest BCUT2D eigenvalue weighted by Gasteiger charge is -2.29. The number of rotatable bonds is 7. The summed E-state index contributed by atoms with van der Waals surface area (Å²) in [5, 5.41) is 0. The summed E-state index contributed by atoms with van der Waals surface area (Å²) in [7, 11) is -0.958. The first-order valence-electron chi connectivity index (χ1n) is 12.4. The van der Waals surface area contributed by atoms with Crippen molar-refractivity contribution in [2.75, 3.05) is 18.5 Å². The first kappa shape index (κ1) is 25.1. The van der Waals surface area contributed by atoms with Gasteiger partial charge in [0.25, 0.3) is 10.0 Å². The number of nitrogens with zero attached hydrogens (tertiary/aromatic N) is 2. The molecular weight excluding hydrogens is 488 g/mol. The molecule has 1 aromatic heterocycles. The minimum absolute atomic E-state index is 0.0694. The molecule has 0 amide bonds. The Morgan fingerprint density at radius 3 is 2.46 bits per heavy atom. The molecular formula is C29H32N2O5S. The highest BCUT2D eigenvalue weighted by atomic mass is 32.2. The Labute approximate surface area is 218 Å². The van der Waals surface area contributed by atoms with Gasteiger partial charge in [-0.3, -0.25) is 4.31 Å². The quantitative estimate of drug-likeness (QED) is 0.406. The second-order valence-electron chi connectivity index (χ2n) is 9.91. The van der Waals surface area contributed by atoms with Crippen LogP contribution in [0.4, 0.5) is 5.69 Å². The van der Waals surface area contributed by atoms with E-state index in [0.717, 1.165) is 25.7 Å². The fourth-order valence-electron chi connectivity index (χ4n) is 4.84. The van der Waals surface area contributed by atoms with E-state index in [1.54, 1.807) is 12.1 Å². The number of ether oxygens (including phenoxy) is 3. The van der Waals surface area contributed by atoms with E-state index in [1.807, 2.05) is 50.3 Å². The molecule has 2 aliphatic rings. The van der Waals surface area contributed by atoms with Gasteiger partial charge in [0.05, 0.1) is 37.0 Å². The molecule has 1 aliphatic carbocycles. The largest absolute Gasteiger partial charge is 0.493 e. The van der Waals surface area contributed by atoms with E-state index < -0.39 is 15.6 Å². The first-order valence-corrected chi connectivity index (χ1v) is 13.9. The number of pyridine rings is 1. The highest BCUT2D eigenvalue weighted by Gasteiger charge is 2.29. The minimum atomic E-state index is -3.97. The average Bonchev–Trinajstić information content (AvgIpc) is 2.90. The molecule has 0 N–H and O–H groups in total. The lowest BCUT2D eigenvalue weighted by molar-refractivity contribution is 0.158. The van der Waals surface area contributed by atoms with Crippen LogP contribution >= 0.6 is 0 Å². The molecule has 0 atom stereocenters. The van der Waals surface area contributed by atoms with Crippen molar-refractivity contribution >= 4 is 21.8 Å². The summed E-state index contributed by atoms with van der Waals surface area (Å²) < 4.78 is 46.3. The summed E-state index contributed by atoms with van der Waals surface area (Å²) in [6.45, 7) is 4.03. The zero-order chi connectivity index (χ0) is 26.2. The number of benzene rings is 2. The summed E-state index contributed by atoms with van der Waals surface area (Å²) in [5.41, 5.74) is 3.99. The third kappa shape index (κ3) is 5.03. The van der Waals surface area contributed by atoms with E-state index in [0.29, 0.717) is 34.3 Å². The Morgan fingerprint density at radius 2 is 1.70 bits per heavy atom. The van der Waals surface area contributed by atoms with Crippen LogP contribution in [0.2, 0.25) is 0 Å². The molecule has 0 saturated heterocycles. The SMILES string of the molecule is COc1ccc(S(=O)(=O)N(Cc2ccc3c(n2)C=CC(C)(C)O3)c2ccc3c(c2)CCCC3)cc1OC. The van der Waals surface area contributed by atoms with Crippen molar-refractivity contribution in [3.05, 3.63) is 77.1 Å². The van der Waals surface area contributed by atoms with Crippen LogP contribution in [0.15, 0.2) is 59.5 Å². The van der Waals surface area contributed by atoms with Gasteiger partial charge in [-0.25, -0.2) is 13.4 Å². The van der Waals surface area contributed by atoms with Gasteiger partial charge in [0.2, 0.25) is 0 Å². The number of methoxy groups -OCH3 is 2. The predicted octanol–water partition coefficient (Wildman–Crippen LogP) is 5.56. The van der Waals surface area contributed by atoms with Crippen molar-refractivity contribution in [3.8, 4) is 17.2 Å². The lowest BCUT2D eigenvalue weighted by Crippen LogP contribution is -2.32. The molecule has 37 heavy (non-hydrogen) atoms. The third-order valence-corrected chi connectivity index (χ3v) is 8.60. The van der Waals surface area contributed by atoms with E-state index >= 15 is 0 Å². The molecule has 0 radical (unpaired) electrons. The third-order valence-electron chi connectivity index (χ3n) is 6.83. The number of hydrogen-bond acceptors (Lipinski definition) is 6. The number of anilines is 1. The van der Waals surface area contributed by atoms with Crippen LogP contribution < -0.4 is 18.5 Å². The molecule has 1 aliphatic heterocycles. The number of aromatic nitrogens is 1. The molecule has 0 spiro atoms. The van der Waals surface area contributed by atoms with E-state index in [2.05, 4.69) is 6.07 Å². The Hall–Kier alpha value is -3.52. The summed E-state index contributed by atoms with van der Waals surface area (Å²) in [5.74, 6) is 1.50. The number of sulfonamides is 1. The maximum Gasteiger partial charge on any atom is 0.264 e. The van der Waals surface area contributed by atoms with Gasteiger partial charge in [-0.15, -0.1) is 0 Å². The van der Waals surface area contributed by atoms with Gasteiger partial charge in [-0.05, 0) is 99.2 Å². The summed E-state index contributed by atoms with van der Waals surface area (Å²) in [6, 6.07) is 14.3. The number of aryl methyl sites for hydroxylation is 2. The van der Waals surface area contributed by atoms with Gasteiger partial charge >= 0.3 is 0 Å². The van der Waals surface area contributed by atoms with Crippen molar-refractivity contribution in [3.63, 3.8) is 0 Å². The molecule has 194 valence electrons. The fraction of sp³-hybridized carbons (Fsp3) is 0.345. The number of fused-ring (bicyclic) bond motifs is 2. The second-order valence-corrected chi connectivity index (χ2v) is 11.8. The average molecular weight is 521 g/mol. The zero-order valence-corrected chi connectivity index (χ0v) is 22.5. The lowest BCUT2D eigenvalue weighted by atomic mass is 9.91. The van der Waals surface area contributed by atoms with Gasteiger partial charge in [0.1, 0.15) is 17.0 Å². The van der Waals surface area contributed by atoms with E-state index in [9.17, 15) is 8.42 Å². The molecule has 0 saturated carbocycles. The molecule has 2 aromatic carbocycles. The van der Waals surface area contributed by atoms with E-state index in [4.69, 9.17) is 19.2 Å². The van der Waals surface area contributed by atoms with Gasteiger partial charge in [0.15, 0.2) is 11.5 Å². The Morgan fingerprint density at radius 1 is 0.946 bits per heavy atom. The van der Waals surface area contributed by atoms with Crippen LogP contribution in [0, 0.1) is 0 Å². The van der Waals surface area contributed by atoms with Crippen LogP contribution in [-0.4, -0.2) is 33.2 Å². The maximum absolute atomic E-state index is 14.1. The molecule has 2 heterocycles. The van der Waals surface area contributed by atoms with Crippen molar-refractivity contribution < 1.29 is 22.6 Å². The topological polar surface area (TPSA) is 78.0 Å². The van der Waals surface area contributed by atoms with Crippen LogP contribution in [0.1, 0.15) is 49.2 Å². The predicted molar refractivity (Wildman–Crippen MR) is 144 cm³/mol. The van der Waals surface area contributed by atoms with Crippen LogP contribution in [0.25, 0.3) is 6.08 Å². The summed E-state index contributed by atoms with van der Waals surface area (Å²) in [6.07, 6.45) is 8.11. The zero-order valence-electron chi connectivity index (χ0n) is 21.7. The van der Waals surface area contributed by atoms with Crippen LogP contribution in [0.5, 0.6) is 17.2 Å². The second kappa shape index (κ2) is 9.74. The van der Waals surface area contributed by atoms with Crippen molar-refractivity contribution in [2.24, 2.45) is 0 Å². The molecule has 0 fully saturated rings. The fourth-order valence-corrected chi connectivity index (χ4v) is 6.28. The Bertz CT molecular complexity index is 1460. The molecule has 0 unspecified atom stereocenters. The standard InChI is InChI=1S/C29H32N2O5S/c1-29(2)16-15-25-26(36-29)13-10-22(30-25)19-31(23-11-9-20-7-5-6-8-21(20)17-23)37(32,33)24-12-14-27(34-3)28(18-24)35-4/h9-18H,5-8,19H2,1-4H3. The number of hydrogen-bond donors (Lipinski definition) is 0. The summed E-state index contributed by atoms with van der Waals surface area (Å²) in [4.78, 5) is 4.85. The first-order chi connectivity index (χ1) is 17.7. The Balaban J connectivity index is 1.58. The monoisotopic (exact) mass is 520 g/mol. The van der Waals surface area contributed by atoms with Gasteiger partial charge < -0.3 is 14.2 Å². The maximum atomic E-state index is 14.1. The van der Waals surface area contributed by atoms with Crippen molar-refractivity contribution in [1.82, 2.24) is 4.98 Å². The van der Waals surface area contributed by atoms with Crippen LogP contribution in [0.3, 0.4) is 0 Å². The normalized spacial score (nSPS) is 15.8. The summed E-state index contributed by atoms with van der Waals surface area (Å²) >= 11 is 0. The van der Waals surface area contributed by atoms with Crippen LogP contribution in [-0.2, 0) is 29.4 Å². The molecule has 3 aromatic rings. The van der Waals surface area contributed by atoms with Crippen molar-refractivity contribution in [2.45, 2.75) is 56.6 Å². The molecule has 5 rings (SSSR count). The van der Waals surface area contributed by atoms with Gasteiger partial charge in [0, 0.05) is 6.07 Å².